The van der Waals surface area contributed by atoms with Crippen molar-refractivity contribution < 1.29 is 104 Å². The van der Waals surface area contributed by atoms with Crippen molar-refractivity contribution in [2.75, 3.05) is 40.1 Å². The lowest BCUT2D eigenvalue weighted by Crippen LogP contribution is -2.64. The molecule has 20 atom stereocenters. The zero-order valence-corrected chi connectivity index (χ0v) is 25.1. The SMILES string of the molecule is CO[C@H]1OC[C@@H](O)[C@H](O[C@@H]2OC[C@@H](O)[C@H](O[C@H]3OC[C@@H](O)[C@H](O[C@@H]4OC[C@@H](O)[C@H](O[C@H]5OC[C@@H](O)[C@H](O)C5O)C4O)C3O)C2O)C1O. The largest absolute Gasteiger partial charge is 0.388 e. The van der Waals surface area contributed by atoms with Gasteiger partial charge in [-0.3, -0.25) is 0 Å². The molecule has 5 saturated heterocycles. The molecule has 0 aliphatic carbocycles. The van der Waals surface area contributed by atoms with E-state index in [1.807, 2.05) is 0 Å². The highest BCUT2D eigenvalue weighted by molar-refractivity contribution is 4.93. The van der Waals surface area contributed by atoms with Gasteiger partial charge in [0.2, 0.25) is 0 Å². The molecule has 0 saturated carbocycles. The van der Waals surface area contributed by atoms with E-state index in [1.54, 1.807) is 0 Å². The third-order valence-corrected chi connectivity index (χ3v) is 8.56. The van der Waals surface area contributed by atoms with Crippen LogP contribution >= 0.6 is 0 Å². The highest BCUT2D eigenvalue weighted by atomic mass is 16.8. The van der Waals surface area contributed by atoms with Crippen molar-refractivity contribution in [2.45, 2.75) is 123 Å². The summed E-state index contributed by atoms with van der Waals surface area (Å²) < 4.78 is 53.9. The van der Waals surface area contributed by atoms with E-state index in [1.165, 1.54) is 7.11 Å². The molecule has 5 heterocycles. The van der Waals surface area contributed by atoms with Gasteiger partial charge in [-0.1, -0.05) is 0 Å². The van der Waals surface area contributed by atoms with Crippen molar-refractivity contribution in [2.24, 2.45) is 0 Å². The zero-order chi connectivity index (χ0) is 34.2. The van der Waals surface area contributed by atoms with Gasteiger partial charge in [-0.2, -0.15) is 0 Å². The summed E-state index contributed by atoms with van der Waals surface area (Å²) in [6.07, 6.45) is -30.9. The molecule has 0 amide bonds. The second kappa shape index (κ2) is 16.0. The summed E-state index contributed by atoms with van der Waals surface area (Å²) in [5, 5.41) is 115. The number of ether oxygens (including phenoxy) is 10. The van der Waals surface area contributed by atoms with Crippen LogP contribution in [0.5, 0.6) is 0 Å². The van der Waals surface area contributed by atoms with Crippen molar-refractivity contribution >= 4 is 0 Å². The Morgan fingerprint density at radius 3 is 0.915 bits per heavy atom. The number of aliphatic hydroxyl groups is 11. The standard InChI is InChI=1S/C26H44O21/c1-38-22-14(34)18(8(28)3-39-22)45-24-16(36)20(10(30)5-41-24)47-26-17(37)21(11(31)6-43-26)46-25-15(35)19(9(29)4-42-25)44-23-13(33)12(32)7(27)2-40-23/h7-37H,2-6H2,1H3/t7-,8-,9-,10-,11-,12+,13?,14?,15?,16?,17?,18+,19+,20+,21+,22+,23-,24+,25+,26-/m1/s1. The molecule has 0 aromatic rings. The molecule has 0 aromatic heterocycles. The van der Waals surface area contributed by atoms with Crippen molar-refractivity contribution in [1.82, 2.24) is 0 Å². The Morgan fingerprint density at radius 1 is 0.340 bits per heavy atom. The van der Waals surface area contributed by atoms with Crippen molar-refractivity contribution in [1.29, 1.82) is 0 Å². The maximum absolute atomic E-state index is 11.1. The van der Waals surface area contributed by atoms with Gasteiger partial charge in [-0.05, 0) is 0 Å². The summed E-state index contributed by atoms with van der Waals surface area (Å²) in [4.78, 5) is 0. The molecule has 21 nitrogen and oxygen atoms in total. The molecule has 0 radical (unpaired) electrons. The summed E-state index contributed by atoms with van der Waals surface area (Å²) in [6, 6.07) is 0. The first-order chi connectivity index (χ1) is 22.3. The van der Waals surface area contributed by atoms with Crippen LogP contribution in [0, 0.1) is 0 Å². The lowest BCUT2D eigenvalue weighted by atomic mass is 10.0. The van der Waals surface area contributed by atoms with Gasteiger partial charge >= 0.3 is 0 Å². The van der Waals surface area contributed by atoms with Crippen molar-refractivity contribution in [3.63, 3.8) is 0 Å². The molecular formula is C26H44O21. The van der Waals surface area contributed by atoms with Gasteiger partial charge in [0.25, 0.3) is 0 Å². The zero-order valence-electron chi connectivity index (χ0n) is 25.1. The highest BCUT2D eigenvalue weighted by Crippen LogP contribution is 2.31. The second-order valence-corrected chi connectivity index (χ2v) is 11.9. The van der Waals surface area contributed by atoms with Crippen molar-refractivity contribution in [3.8, 4) is 0 Å². The second-order valence-electron chi connectivity index (χ2n) is 11.9. The van der Waals surface area contributed by atoms with Gasteiger partial charge in [0.15, 0.2) is 31.5 Å². The topological polar surface area (TPSA) is 315 Å². The van der Waals surface area contributed by atoms with E-state index in [4.69, 9.17) is 47.4 Å². The average molecular weight is 693 g/mol. The number of rotatable bonds is 9. The van der Waals surface area contributed by atoms with Crippen LogP contribution in [-0.2, 0) is 47.4 Å². The van der Waals surface area contributed by atoms with E-state index in [9.17, 15) is 56.2 Å². The smallest absolute Gasteiger partial charge is 0.186 e. The average Bonchev–Trinajstić information content (AvgIpc) is 3.04. The van der Waals surface area contributed by atoms with Gasteiger partial charge in [0.1, 0.15) is 91.6 Å². The highest BCUT2D eigenvalue weighted by Gasteiger charge is 2.52. The number of aliphatic hydroxyl groups excluding tert-OH is 11. The normalized spacial score (nSPS) is 53.1. The first-order valence-corrected chi connectivity index (χ1v) is 15.0. The van der Waals surface area contributed by atoms with E-state index in [-0.39, 0.29) is 6.61 Å². The summed E-state index contributed by atoms with van der Waals surface area (Å²) in [6.45, 7) is -2.07. The minimum absolute atomic E-state index is 0.258. The Labute approximate surface area is 267 Å². The maximum Gasteiger partial charge on any atom is 0.186 e. The van der Waals surface area contributed by atoms with Crippen LogP contribution in [0.2, 0.25) is 0 Å². The molecule has 47 heavy (non-hydrogen) atoms. The molecule has 0 aromatic carbocycles. The van der Waals surface area contributed by atoms with Crippen LogP contribution in [0.1, 0.15) is 0 Å². The van der Waals surface area contributed by atoms with Gasteiger partial charge in [0.05, 0.1) is 33.0 Å². The summed E-state index contributed by atoms with van der Waals surface area (Å²) in [5.74, 6) is 0. The first kappa shape index (κ1) is 37.4. The maximum atomic E-state index is 11.1. The third kappa shape index (κ3) is 8.06. The van der Waals surface area contributed by atoms with Crippen LogP contribution in [0.15, 0.2) is 0 Å². The Hall–Kier alpha value is -0.840. The molecule has 11 N–H and O–H groups in total. The molecular weight excluding hydrogens is 648 g/mol. The summed E-state index contributed by atoms with van der Waals surface area (Å²) >= 11 is 0. The van der Waals surface area contributed by atoms with E-state index < -0.39 is 149 Å². The molecule has 5 fully saturated rings. The number of hydrogen-bond acceptors (Lipinski definition) is 21. The quantitative estimate of drug-likeness (QED) is 0.107. The molecule has 0 spiro atoms. The summed E-state index contributed by atoms with van der Waals surface area (Å²) in [7, 11) is 1.27. The van der Waals surface area contributed by atoms with E-state index >= 15 is 0 Å². The van der Waals surface area contributed by atoms with Gasteiger partial charge in [-0.25, -0.2) is 0 Å². The fraction of sp³-hybridized carbons (Fsp3) is 1.00. The Bertz CT molecular complexity index is 981. The fourth-order valence-electron chi connectivity index (χ4n) is 5.85. The number of hydrogen-bond donors (Lipinski definition) is 11. The third-order valence-electron chi connectivity index (χ3n) is 8.56. The van der Waals surface area contributed by atoms with E-state index in [0.29, 0.717) is 0 Å². The van der Waals surface area contributed by atoms with E-state index in [0.717, 1.165) is 0 Å². The predicted molar refractivity (Wildman–Crippen MR) is 141 cm³/mol. The van der Waals surface area contributed by atoms with Gasteiger partial charge < -0.3 is 104 Å². The molecule has 274 valence electrons. The lowest BCUT2D eigenvalue weighted by molar-refractivity contribution is -0.371. The number of methoxy groups -OCH3 is 1. The first-order valence-electron chi connectivity index (χ1n) is 15.0. The molecule has 5 aliphatic rings. The Kier molecular flexibility index (Phi) is 12.7. The van der Waals surface area contributed by atoms with Crippen LogP contribution in [0.4, 0.5) is 0 Å². The van der Waals surface area contributed by atoms with Crippen LogP contribution in [0.25, 0.3) is 0 Å². The van der Waals surface area contributed by atoms with Crippen LogP contribution in [0.3, 0.4) is 0 Å². The molecule has 21 heteroatoms. The fourth-order valence-corrected chi connectivity index (χ4v) is 5.85. The monoisotopic (exact) mass is 692 g/mol. The molecule has 0 bridgehead atoms. The minimum Gasteiger partial charge on any atom is -0.388 e. The summed E-state index contributed by atoms with van der Waals surface area (Å²) in [5.41, 5.74) is 0. The van der Waals surface area contributed by atoms with E-state index in [2.05, 4.69) is 0 Å². The van der Waals surface area contributed by atoms with Crippen LogP contribution in [-0.4, -0.2) is 219 Å². The molecule has 5 rings (SSSR count). The molecule has 5 aliphatic heterocycles. The minimum atomic E-state index is -1.83. The van der Waals surface area contributed by atoms with Crippen LogP contribution < -0.4 is 0 Å². The van der Waals surface area contributed by atoms with Gasteiger partial charge in [-0.15, -0.1) is 0 Å². The predicted octanol–water partition coefficient (Wildman–Crippen LogP) is -8.07. The Morgan fingerprint density at radius 2 is 0.596 bits per heavy atom. The lowest BCUT2D eigenvalue weighted by Gasteiger charge is -2.46. The Balaban J connectivity index is 1.20. The molecule has 5 unspecified atom stereocenters. The van der Waals surface area contributed by atoms with Gasteiger partial charge in [0, 0.05) is 7.11 Å². The van der Waals surface area contributed by atoms with Crippen molar-refractivity contribution in [3.05, 3.63) is 0 Å².